The third-order valence-corrected chi connectivity index (χ3v) is 3.22. The molecule has 0 aliphatic heterocycles. The van der Waals surface area contributed by atoms with Crippen LogP contribution in [0.15, 0.2) is 0 Å². The Bertz CT molecular complexity index is 237. The Kier molecular flexibility index (Phi) is 5.02. The van der Waals surface area contributed by atoms with E-state index in [9.17, 15) is 4.79 Å². The van der Waals surface area contributed by atoms with E-state index in [0.29, 0.717) is 24.0 Å². The van der Waals surface area contributed by atoms with Crippen LogP contribution in [0.1, 0.15) is 45.4 Å². The highest BCUT2D eigenvalue weighted by molar-refractivity contribution is 7.80. The molecule has 0 unspecified atom stereocenters. The summed E-state index contributed by atoms with van der Waals surface area (Å²) in [5.74, 6) is 0.151. The molecule has 0 aromatic heterocycles. The van der Waals surface area contributed by atoms with E-state index < -0.39 is 0 Å². The maximum atomic E-state index is 11.5. The summed E-state index contributed by atoms with van der Waals surface area (Å²) in [5, 5.41) is 0. The number of carbonyl (C=O) groups is 1. The molecule has 86 valence electrons. The average Bonchev–Trinajstić information content (AvgIpc) is 2.18. The van der Waals surface area contributed by atoms with Gasteiger partial charge in [0, 0.05) is 25.9 Å². The molecule has 2 N–H and O–H groups in total. The van der Waals surface area contributed by atoms with Gasteiger partial charge in [-0.05, 0) is 12.8 Å². The quantitative estimate of drug-likeness (QED) is 0.747. The van der Waals surface area contributed by atoms with Gasteiger partial charge in [0.25, 0.3) is 0 Å². The van der Waals surface area contributed by atoms with Crippen LogP contribution in [0.4, 0.5) is 0 Å². The molecule has 0 bridgehead atoms. The van der Waals surface area contributed by atoms with E-state index in [-0.39, 0.29) is 5.91 Å². The fourth-order valence-electron chi connectivity index (χ4n) is 2.22. The molecule has 0 spiro atoms. The molecular formula is C11H20N2OS. The molecule has 3 nitrogen and oxygen atoms in total. The standard InChI is InChI=1S/C11H20N2OS/c1-9(14)13(8-7-11(12)15)10-5-3-2-4-6-10/h10H,2-8H2,1H3,(H2,12,15). The summed E-state index contributed by atoms with van der Waals surface area (Å²) in [6.45, 7) is 2.32. The van der Waals surface area contributed by atoms with Crippen molar-refractivity contribution in [2.75, 3.05) is 6.54 Å². The Morgan fingerprint density at radius 3 is 2.47 bits per heavy atom. The lowest BCUT2D eigenvalue weighted by Crippen LogP contribution is -2.41. The van der Waals surface area contributed by atoms with Crippen molar-refractivity contribution >= 4 is 23.1 Å². The van der Waals surface area contributed by atoms with Gasteiger partial charge in [-0.15, -0.1) is 0 Å². The first-order valence-corrected chi connectivity index (χ1v) is 6.07. The van der Waals surface area contributed by atoms with Gasteiger partial charge in [-0.25, -0.2) is 0 Å². The summed E-state index contributed by atoms with van der Waals surface area (Å²) >= 11 is 4.84. The van der Waals surface area contributed by atoms with Gasteiger partial charge >= 0.3 is 0 Å². The van der Waals surface area contributed by atoms with E-state index in [1.165, 1.54) is 19.3 Å². The Balaban J connectivity index is 2.48. The van der Waals surface area contributed by atoms with E-state index in [4.69, 9.17) is 18.0 Å². The van der Waals surface area contributed by atoms with Gasteiger partial charge in [-0.2, -0.15) is 0 Å². The lowest BCUT2D eigenvalue weighted by Gasteiger charge is -2.33. The summed E-state index contributed by atoms with van der Waals surface area (Å²) in [6.07, 6.45) is 6.69. The second kappa shape index (κ2) is 6.05. The fourth-order valence-corrected chi connectivity index (χ4v) is 2.31. The number of thiocarbonyl (C=S) groups is 1. The molecule has 4 heteroatoms. The van der Waals surface area contributed by atoms with Crippen LogP contribution < -0.4 is 5.73 Å². The summed E-state index contributed by atoms with van der Waals surface area (Å²) in [7, 11) is 0. The van der Waals surface area contributed by atoms with Crippen LogP contribution >= 0.6 is 12.2 Å². The Labute approximate surface area is 97.0 Å². The van der Waals surface area contributed by atoms with Crippen LogP contribution in [-0.2, 0) is 4.79 Å². The third-order valence-electron chi connectivity index (χ3n) is 3.02. The number of nitrogens with two attached hydrogens (primary N) is 1. The van der Waals surface area contributed by atoms with Crippen molar-refractivity contribution in [2.24, 2.45) is 5.73 Å². The lowest BCUT2D eigenvalue weighted by molar-refractivity contribution is -0.131. The number of amides is 1. The molecule has 0 atom stereocenters. The Hall–Kier alpha value is -0.640. The zero-order valence-corrected chi connectivity index (χ0v) is 10.2. The molecule has 1 saturated carbocycles. The highest BCUT2D eigenvalue weighted by Gasteiger charge is 2.22. The number of nitrogens with zero attached hydrogens (tertiary/aromatic N) is 1. The van der Waals surface area contributed by atoms with Crippen LogP contribution in [0.3, 0.4) is 0 Å². The van der Waals surface area contributed by atoms with Crippen molar-refractivity contribution in [1.82, 2.24) is 4.90 Å². The first-order valence-electron chi connectivity index (χ1n) is 5.67. The van der Waals surface area contributed by atoms with Crippen LogP contribution in [-0.4, -0.2) is 28.4 Å². The van der Waals surface area contributed by atoms with Gasteiger partial charge in [0.05, 0.1) is 4.99 Å². The van der Waals surface area contributed by atoms with Crippen molar-refractivity contribution in [3.63, 3.8) is 0 Å². The lowest BCUT2D eigenvalue weighted by atomic mass is 9.94. The zero-order valence-electron chi connectivity index (χ0n) is 9.37. The molecule has 1 aliphatic carbocycles. The van der Waals surface area contributed by atoms with Gasteiger partial charge in [0.2, 0.25) is 5.91 Å². The summed E-state index contributed by atoms with van der Waals surface area (Å²) in [5.41, 5.74) is 5.46. The molecule has 1 rings (SSSR count). The predicted molar refractivity (Wildman–Crippen MR) is 65.7 cm³/mol. The van der Waals surface area contributed by atoms with Crippen molar-refractivity contribution in [3.8, 4) is 0 Å². The van der Waals surface area contributed by atoms with Crippen LogP contribution in [0.25, 0.3) is 0 Å². The van der Waals surface area contributed by atoms with Gasteiger partial charge in [0.15, 0.2) is 0 Å². The normalized spacial score (nSPS) is 17.4. The smallest absolute Gasteiger partial charge is 0.219 e. The topological polar surface area (TPSA) is 46.3 Å². The molecule has 0 aromatic rings. The van der Waals surface area contributed by atoms with Gasteiger partial charge in [0.1, 0.15) is 0 Å². The molecule has 1 amide bonds. The number of hydrogen-bond acceptors (Lipinski definition) is 2. The first kappa shape index (κ1) is 12.4. The molecular weight excluding hydrogens is 208 g/mol. The van der Waals surface area contributed by atoms with Crippen LogP contribution in [0.5, 0.6) is 0 Å². The number of hydrogen-bond donors (Lipinski definition) is 1. The van der Waals surface area contributed by atoms with E-state index in [1.54, 1.807) is 6.92 Å². The molecule has 15 heavy (non-hydrogen) atoms. The Morgan fingerprint density at radius 1 is 1.40 bits per heavy atom. The second-order valence-electron chi connectivity index (χ2n) is 4.22. The van der Waals surface area contributed by atoms with Crippen LogP contribution in [0.2, 0.25) is 0 Å². The zero-order chi connectivity index (χ0) is 11.3. The van der Waals surface area contributed by atoms with Crippen molar-refractivity contribution in [1.29, 1.82) is 0 Å². The van der Waals surface area contributed by atoms with E-state index in [0.717, 1.165) is 12.8 Å². The minimum atomic E-state index is 0.151. The predicted octanol–water partition coefficient (Wildman–Crippen LogP) is 1.84. The second-order valence-corrected chi connectivity index (χ2v) is 4.74. The monoisotopic (exact) mass is 228 g/mol. The maximum Gasteiger partial charge on any atom is 0.219 e. The summed E-state index contributed by atoms with van der Waals surface area (Å²) in [4.78, 5) is 13.9. The summed E-state index contributed by atoms with van der Waals surface area (Å²) in [6, 6.07) is 0.422. The van der Waals surface area contributed by atoms with Crippen molar-refractivity contribution in [2.45, 2.75) is 51.5 Å². The fraction of sp³-hybridized carbons (Fsp3) is 0.818. The number of rotatable bonds is 4. The largest absolute Gasteiger partial charge is 0.393 e. The van der Waals surface area contributed by atoms with Crippen molar-refractivity contribution in [3.05, 3.63) is 0 Å². The molecule has 0 heterocycles. The molecule has 0 saturated heterocycles. The van der Waals surface area contributed by atoms with E-state index >= 15 is 0 Å². The highest BCUT2D eigenvalue weighted by Crippen LogP contribution is 2.22. The number of carbonyl (C=O) groups excluding carboxylic acids is 1. The van der Waals surface area contributed by atoms with Crippen LogP contribution in [0, 0.1) is 0 Å². The SMILES string of the molecule is CC(=O)N(CCC(N)=S)C1CCCCC1. The molecule has 1 fully saturated rings. The highest BCUT2D eigenvalue weighted by atomic mass is 32.1. The molecule has 0 aromatic carbocycles. The minimum absolute atomic E-state index is 0.151. The maximum absolute atomic E-state index is 11.5. The Morgan fingerprint density at radius 2 is 2.00 bits per heavy atom. The third kappa shape index (κ3) is 4.16. The minimum Gasteiger partial charge on any atom is -0.393 e. The van der Waals surface area contributed by atoms with Gasteiger partial charge in [-0.1, -0.05) is 31.5 Å². The van der Waals surface area contributed by atoms with E-state index in [2.05, 4.69) is 0 Å². The molecule has 0 radical (unpaired) electrons. The summed E-state index contributed by atoms with van der Waals surface area (Å²) < 4.78 is 0. The molecule has 1 aliphatic rings. The van der Waals surface area contributed by atoms with Gasteiger partial charge in [-0.3, -0.25) is 4.79 Å². The first-order chi connectivity index (χ1) is 7.11. The average molecular weight is 228 g/mol. The van der Waals surface area contributed by atoms with Gasteiger partial charge < -0.3 is 10.6 Å². The van der Waals surface area contributed by atoms with Crippen molar-refractivity contribution < 1.29 is 4.79 Å². The van der Waals surface area contributed by atoms with E-state index in [1.807, 2.05) is 4.90 Å².